The Bertz CT molecular complexity index is 199. The van der Waals surface area contributed by atoms with Gasteiger partial charge in [-0.15, -0.1) is 0 Å². The van der Waals surface area contributed by atoms with E-state index in [2.05, 4.69) is 13.8 Å². The van der Waals surface area contributed by atoms with Crippen molar-refractivity contribution in [1.29, 1.82) is 0 Å². The molecule has 16 heavy (non-hydrogen) atoms. The second-order valence-electron chi connectivity index (χ2n) is 4.17. The predicted molar refractivity (Wildman–Crippen MR) is 63.2 cm³/mol. The molecule has 0 aliphatic rings. The molecule has 0 radical (unpaired) electrons. The van der Waals surface area contributed by atoms with E-state index >= 15 is 0 Å². The molecule has 1 unspecified atom stereocenters. The van der Waals surface area contributed by atoms with Gasteiger partial charge in [-0.1, -0.05) is 27.7 Å². The van der Waals surface area contributed by atoms with E-state index < -0.39 is 5.97 Å². The third-order valence-electron chi connectivity index (χ3n) is 2.03. The van der Waals surface area contributed by atoms with Crippen LogP contribution < -0.4 is 0 Å². The van der Waals surface area contributed by atoms with Gasteiger partial charge in [0.2, 0.25) is 0 Å². The van der Waals surface area contributed by atoms with Gasteiger partial charge in [0.15, 0.2) is 0 Å². The van der Waals surface area contributed by atoms with Crippen LogP contribution in [0.5, 0.6) is 0 Å². The van der Waals surface area contributed by atoms with Gasteiger partial charge < -0.3 is 9.84 Å². The fourth-order valence-electron chi connectivity index (χ4n) is 0.613. The molecular weight excluding hydrogens is 208 g/mol. The van der Waals surface area contributed by atoms with Crippen LogP contribution in [0.3, 0.4) is 0 Å². The highest BCUT2D eigenvalue weighted by Gasteiger charge is 2.05. The molecule has 96 valence electrons. The average Bonchev–Trinajstić information content (AvgIpc) is 2.16. The molecule has 0 spiro atoms. The summed E-state index contributed by atoms with van der Waals surface area (Å²) < 4.78 is 4.71. The Hall–Kier alpha value is -1.06. The SMILES string of the molecule is CC(=O)OCCC(C)C.CCC(C)C(=O)O. The molecule has 0 aliphatic heterocycles. The van der Waals surface area contributed by atoms with Crippen molar-refractivity contribution in [2.45, 2.75) is 47.5 Å². The molecule has 0 saturated heterocycles. The number of esters is 1. The Morgan fingerprint density at radius 1 is 1.25 bits per heavy atom. The van der Waals surface area contributed by atoms with E-state index in [0.29, 0.717) is 12.5 Å². The van der Waals surface area contributed by atoms with Crippen LogP contribution in [0.2, 0.25) is 0 Å². The normalized spacial score (nSPS) is 11.4. The summed E-state index contributed by atoms with van der Waals surface area (Å²) in [7, 11) is 0. The Morgan fingerprint density at radius 2 is 1.75 bits per heavy atom. The van der Waals surface area contributed by atoms with Crippen molar-refractivity contribution in [2.24, 2.45) is 11.8 Å². The minimum Gasteiger partial charge on any atom is -0.481 e. The zero-order valence-corrected chi connectivity index (χ0v) is 10.9. The van der Waals surface area contributed by atoms with Gasteiger partial charge in [-0.25, -0.2) is 0 Å². The summed E-state index contributed by atoms with van der Waals surface area (Å²) in [4.78, 5) is 20.1. The van der Waals surface area contributed by atoms with E-state index in [0.717, 1.165) is 12.8 Å². The van der Waals surface area contributed by atoms with Crippen LogP contribution in [0.25, 0.3) is 0 Å². The van der Waals surface area contributed by atoms with E-state index in [9.17, 15) is 9.59 Å². The van der Waals surface area contributed by atoms with Crippen LogP contribution in [0, 0.1) is 11.8 Å². The number of aliphatic carboxylic acids is 1. The molecule has 1 N–H and O–H groups in total. The lowest BCUT2D eigenvalue weighted by atomic mass is 10.1. The number of carbonyl (C=O) groups is 2. The molecule has 0 aromatic carbocycles. The van der Waals surface area contributed by atoms with Crippen LogP contribution in [0.4, 0.5) is 0 Å². The zero-order valence-electron chi connectivity index (χ0n) is 10.9. The summed E-state index contributed by atoms with van der Waals surface area (Å²) in [5.74, 6) is -0.456. The minimum atomic E-state index is -0.706. The van der Waals surface area contributed by atoms with Gasteiger partial charge in [0.25, 0.3) is 0 Å². The van der Waals surface area contributed by atoms with E-state index in [1.54, 1.807) is 6.92 Å². The van der Waals surface area contributed by atoms with Crippen LogP contribution >= 0.6 is 0 Å². The minimum absolute atomic E-state index is 0.181. The standard InChI is InChI=1S/C7H14O2.C5H10O2/c1-6(2)4-5-9-7(3)8;1-3-4(2)5(6)7/h6H,4-5H2,1-3H3;4H,3H2,1-2H3,(H,6,7). The number of carbonyl (C=O) groups excluding carboxylic acids is 1. The fraction of sp³-hybridized carbons (Fsp3) is 0.833. The first-order valence-electron chi connectivity index (χ1n) is 5.67. The summed E-state index contributed by atoms with van der Waals surface area (Å²) in [6.45, 7) is 9.75. The second-order valence-corrected chi connectivity index (χ2v) is 4.17. The van der Waals surface area contributed by atoms with Crippen molar-refractivity contribution < 1.29 is 19.4 Å². The monoisotopic (exact) mass is 232 g/mol. The van der Waals surface area contributed by atoms with E-state index in [1.165, 1.54) is 6.92 Å². The highest BCUT2D eigenvalue weighted by Crippen LogP contribution is 1.98. The highest BCUT2D eigenvalue weighted by molar-refractivity contribution is 5.69. The number of ether oxygens (including phenoxy) is 1. The van der Waals surface area contributed by atoms with Crippen molar-refractivity contribution >= 4 is 11.9 Å². The number of carboxylic acid groups (broad SMARTS) is 1. The second kappa shape index (κ2) is 10.5. The molecule has 0 rings (SSSR count). The molecule has 4 heteroatoms. The average molecular weight is 232 g/mol. The molecule has 0 amide bonds. The first kappa shape index (κ1) is 17.3. The fourth-order valence-corrected chi connectivity index (χ4v) is 0.613. The van der Waals surface area contributed by atoms with Crippen LogP contribution in [0.1, 0.15) is 47.5 Å². The van der Waals surface area contributed by atoms with Crippen LogP contribution in [0.15, 0.2) is 0 Å². The highest BCUT2D eigenvalue weighted by atomic mass is 16.5. The number of carboxylic acids is 1. The number of rotatable bonds is 5. The van der Waals surface area contributed by atoms with Crippen molar-refractivity contribution in [3.05, 3.63) is 0 Å². The summed E-state index contributed by atoms with van der Waals surface area (Å²) >= 11 is 0. The third-order valence-corrected chi connectivity index (χ3v) is 2.03. The van der Waals surface area contributed by atoms with Crippen LogP contribution in [-0.4, -0.2) is 23.7 Å². The van der Waals surface area contributed by atoms with Gasteiger partial charge in [-0.3, -0.25) is 9.59 Å². The summed E-state index contributed by atoms with van der Waals surface area (Å²) in [6.07, 6.45) is 1.68. The van der Waals surface area contributed by atoms with Gasteiger partial charge in [0.05, 0.1) is 12.5 Å². The maximum Gasteiger partial charge on any atom is 0.306 e. The van der Waals surface area contributed by atoms with E-state index in [1.807, 2.05) is 6.92 Å². The molecule has 0 aromatic heterocycles. The number of hydrogen-bond donors (Lipinski definition) is 1. The maximum atomic E-state index is 10.2. The Balaban J connectivity index is 0. The van der Waals surface area contributed by atoms with Gasteiger partial charge in [-0.2, -0.15) is 0 Å². The first-order valence-corrected chi connectivity index (χ1v) is 5.67. The van der Waals surface area contributed by atoms with Crippen molar-refractivity contribution in [1.82, 2.24) is 0 Å². The summed E-state index contributed by atoms with van der Waals surface area (Å²) in [6, 6.07) is 0. The largest absolute Gasteiger partial charge is 0.481 e. The van der Waals surface area contributed by atoms with Crippen molar-refractivity contribution in [2.75, 3.05) is 6.61 Å². The van der Waals surface area contributed by atoms with E-state index in [-0.39, 0.29) is 11.9 Å². The Labute approximate surface area is 98.0 Å². The molecule has 0 fully saturated rings. The molecule has 4 nitrogen and oxygen atoms in total. The smallest absolute Gasteiger partial charge is 0.306 e. The molecule has 1 atom stereocenters. The molecule has 0 saturated carbocycles. The van der Waals surface area contributed by atoms with Crippen molar-refractivity contribution in [3.8, 4) is 0 Å². The molecular formula is C12H24O4. The zero-order chi connectivity index (χ0) is 13.1. The number of hydrogen-bond acceptors (Lipinski definition) is 3. The molecule has 0 aromatic rings. The Kier molecular flexibility index (Phi) is 11.3. The van der Waals surface area contributed by atoms with Gasteiger partial charge in [-0.05, 0) is 18.8 Å². The van der Waals surface area contributed by atoms with Crippen molar-refractivity contribution in [3.63, 3.8) is 0 Å². The molecule has 0 bridgehead atoms. The van der Waals surface area contributed by atoms with Gasteiger partial charge >= 0.3 is 11.9 Å². The van der Waals surface area contributed by atoms with Gasteiger partial charge in [0.1, 0.15) is 0 Å². The molecule has 0 aliphatic carbocycles. The quantitative estimate of drug-likeness (QED) is 0.740. The predicted octanol–water partition coefficient (Wildman–Crippen LogP) is 2.71. The summed E-state index contributed by atoms with van der Waals surface area (Å²) in [5.41, 5.74) is 0. The molecule has 0 heterocycles. The Morgan fingerprint density at radius 3 is 1.94 bits per heavy atom. The third kappa shape index (κ3) is 15.4. The first-order chi connectivity index (χ1) is 7.31. The topological polar surface area (TPSA) is 63.6 Å². The van der Waals surface area contributed by atoms with E-state index in [4.69, 9.17) is 9.84 Å². The summed E-state index contributed by atoms with van der Waals surface area (Å²) in [5, 5.41) is 8.18. The lowest BCUT2D eigenvalue weighted by Crippen LogP contribution is -2.06. The van der Waals surface area contributed by atoms with Gasteiger partial charge in [0, 0.05) is 6.92 Å². The maximum absolute atomic E-state index is 10.2. The lowest BCUT2D eigenvalue weighted by Gasteiger charge is -2.02. The lowest BCUT2D eigenvalue weighted by molar-refractivity contribution is -0.142. The van der Waals surface area contributed by atoms with Crippen LogP contribution in [-0.2, 0) is 14.3 Å².